The fourth-order valence-electron chi connectivity index (χ4n) is 2.67. The molecule has 0 aromatic heterocycles. The van der Waals surface area contributed by atoms with Gasteiger partial charge in [0.15, 0.2) is 0 Å². The summed E-state index contributed by atoms with van der Waals surface area (Å²) in [6.45, 7) is 7.39. The molecule has 2 saturated heterocycles. The van der Waals surface area contributed by atoms with Crippen LogP contribution >= 0.6 is 0 Å². The summed E-state index contributed by atoms with van der Waals surface area (Å²) in [4.78, 5) is 13.4. The van der Waals surface area contributed by atoms with Crippen LogP contribution in [0.5, 0.6) is 0 Å². The number of rotatable bonds is 0. The highest BCUT2D eigenvalue weighted by Crippen LogP contribution is 2.34. The molecule has 0 aliphatic carbocycles. The number of amides is 1. The van der Waals surface area contributed by atoms with Gasteiger partial charge in [0.2, 0.25) is 5.91 Å². The van der Waals surface area contributed by atoms with Crippen molar-refractivity contribution in [2.45, 2.75) is 45.1 Å². The van der Waals surface area contributed by atoms with Gasteiger partial charge in [-0.25, -0.2) is 0 Å². The van der Waals surface area contributed by atoms with Gasteiger partial charge in [0.25, 0.3) is 0 Å². The van der Waals surface area contributed by atoms with E-state index in [1.165, 1.54) is 0 Å². The molecular weight excluding hydrogens is 180 g/mol. The predicted molar refractivity (Wildman–Crippen MR) is 52.7 cm³/mol. The SMILES string of the molecule is CC(=O)N1[C@@H]2CCNC[C@H]2OC1(C)C. The largest absolute Gasteiger partial charge is 0.349 e. The van der Waals surface area contributed by atoms with Crippen molar-refractivity contribution in [3.8, 4) is 0 Å². The van der Waals surface area contributed by atoms with Crippen LogP contribution in [-0.2, 0) is 9.53 Å². The van der Waals surface area contributed by atoms with Gasteiger partial charge in [0, 0.05) is 13.5 Å². The minimum atomic E-state index is -0.437. The summed E-state index contributed by atoms with van der Waals surface area (Å²) >= 11 is 0. The summed E-state index contributed by atoms with van der Waals surface area (Å²) in [6, 6.07) is 0.267. The van der Waals surface area contributed by atoms with Crippen LogP contribution < -0.4 is 5.32 Å². The molecule has 2 heterocycles. The summed E-state index contributed by atoms with van der Waals surface area (Å²) in [5.74, 6) is 0.115. The van der Waals surface area contributed by atoms with Crippen LogP contribution in [-0.4, -0.2) is 41.8 Å². The topological polar surface area (TPSA) is 41.6 Å². The van der Waals surface area contributed by atoms with Crippen LogP contribution in [0.4, 0.5) is 0 Å². The molecule has 0 unspecified atom stereocenters. The van der Waals surface area contributed by atoms with Gasteiger partial charge in [0.05, 0.1) is 12.1 Å². The zero-order valence-corrected chi connectivity index (χ0v) is 9.04. The summed E-state index contributed by atoms with van der Waals surface area (Å²) in [7, 11) is 0. The first kappa shape index (κ1) is 9.93. The van der Waals surface area contributed by atoms with E-state index < -0.39 is 5.72 Å². The Morgan fingerprint density at radius 2 is 2.29 bits per heavy atom. The number of carbonyl (C=O) groups excluding carboxylic acids is 1. The zero-order valence-electron chi connectivity index (χ0n) is 9.04. The highest BCUT2D eigenvalue weighted by atomic mass is 16.5. The van der Waals surface area contributed by atoms with Gasteiger partial charge >= 0.3 is 0 Å². The maximum Gasteiger partial charge on any atom is 0.222 e. The standard InChI is InChI=1S/C10H18N2O2/c1-7(13)12-8-4-5-11-6-9(8)14-10(12,2)3/h8-9,11H,4-6H2,1-3H3/t8-,9-/m1/s1. The second kappa shape index (κ2) is 3.21. The Morgan fingerprint density at radius 3 is 2.93 bits per heavy atom. The molecule has 4 nitrogen and oxygen atoms in total. The lowest BCUT2D eigenvalue weighted by Gasteiger charge is -2.33. The summed E-state index contributed by atoms with van der Waals surface area (Å²) in [5.41, 5.74) is -0.437. The Hall–Kier alpha value is -0.610. The Balaban J connectivity index is 2.23. The Bertz CT molecular complexity index is 253. The van der Waals surface area contributed by atoms with Crippen LogP contribution in [0, 0.1) is 0 Å². The molecule has 2 aliphatic rings. The molecule has 0 spiro atoms. The third kappa shape index (κ3) is 1.42. The van der Waals surface area contributed by atoms with Gasteiger partial charge in [-0.3, -0.25) is 4.79 Å². The highest BCUT2D eigenvalue weighted by Gasteiger charge is 2.49. The van der Waals surface area contributed by atoms with Crippen molar-refractivity contribution in [3.05, 3.63) is 0 Å². The monoisotopic (exact) mass is 198 g/mol. The molecule has 0 radical (unpaired) electrons. The van der Waals surface area contributed by atoms with E-state index in [0.29, 0.717) is 0 Å². The van der Waals surface area contributed by atoms with Crippen LogP contribution in [0.15, 0.2) is 0 Å². The maximum absolute atomic E-state index is 11.5. The molecule has 2 atom stereocenters. The molecule has 1 amide bonds. The maximum atomic E-state index is 11.5. The number of hydrogen-bond acceptors (Lipinski definition) is 3. The number of piperidine rings is 1. The van der Waals surface area contributed by atoms with Crippen LogP contribution in [0.2, 0.25) is 0 Å². The zero-order chi connectivity index (χ0) is 10.3. The summed E-state index contributed by atoms with van der Waals surface area (Å²) < 4.78 is 5.87. The fraction of sp³-hybridized carbons (Fsp3) is 0.900. The van der Waals surface area contributed by atoms with E-state index >= 15 is 0 Å². The molecule has 0 aromatic rings. The number of nitrogens with one attached hydrogen (secondary N) is 1. The van der Waals surface area contributed by atoms with Crippen LogP contribution in [0.3, 0.4) is 0 Å². The number of nitrogens with zero attached hydrogens (tertiary/aromatic N) is 1. The van der Waals surface area contributed by atoms with Crippen molar-refractivity contribution in [1.82, 2.24) is 10.2 Å². The first-order valence-electron chi connectivity index (χ1n) is 5.21. The van der Waals surface area contributed by atoms with E-state index in [0.717, 1.165) is 19.5 Å². The molecule has 0 saturated carbocycles. The Morgan fingerprint density at radius 1 is 1.57 bits per heavy atom. The van der Waals surface area contributed by atoms with E-state index in [1.54, 1.807) is 6.92 Å². The van der Waals surface area contributed by atoms with Gasteiger partial charge in [-0.1, -0.05) is 0 Å². The Kier molecular flexibility index (Phi) is 2.27. The minimum Gasteiger partial charge on any atom is -0.349 e. The Labute approximate surface area is 84.6 Å². The fourth-order valence-corrected chi connectivity index (χ4v) is 2.67. The third-order valence-electron chi connectivity index (χ3n) is 3.08. The third-order valence-corrected chi connectivity index (χ3v) is 3.08. The van der Waals surface area contributed by atoms with Crippen molar-refractivity contribution in [3.63, 3.8) is 0 Å². The molecule has 1 N–H and O–H groups in total. The molecule has 2 fully saturated rings. The van der Waals surface area contributed by atoms with E-state index in [-0.39, 0.29) is 18.1 Å². The van der Waals surface area contributed by atoms with E-state index in [2.05, 4.69) is 5.32 Å². The molecule has 0 bridgehead atoms. The molecule has 14 heavy (non-hydrogen) atoms. The van der Waals surface area contributed by atoms with Crippen molar-refractivity contribution in [1.29, 1.82) is 0 Å². The van der Waals surface area contributed by atoms with Crippen LogP contribution in [0.25, 0.3) is 0 Å². The van der Waals surface area contributed by atoms with Crippen molar-refractivity contribution in [2.75, 3.05) is 13.1 Å². The molecule has 4 heteroatoms. The van der Waals surface area contributed by atoms with E-state index in [4.69, 9.17) is 4.74 Å². The van der Waals surface area contributed by atoms with Gasteiger partial charge in [0.1, 0.15) is 5.72 Å². The predicted octanol–water partition coefficient (Wildman–Crippen LogP) is 0.332. The second-order valence-corrected chi connectivity index (χ2v) is 4.55. The van der Waals surface area contributed by atoms with Gasteiger partial charge in [-0.2, -0.15) is 0 Å². The molecule has 2 rings (SSSR count). The second-order valence-electron chi connectivity index (χ2n) is 4.55. The van der Waals surface area contributed by atoms with E-state index in [1.807, 2.05) is 18.7 Å². The number of fused-ring (bicyclic) bond motifs is 1. The quantitative estimate of drug-likeness (QED) is 0.610. The molecular formula is C10H18N2O2. The summed E-state index contributed by atoms with van der Waals surface area (Å²) in [5, 5.41) is 3.29. The van der Waals surface area contributed by atoms with Gasteiger partial charge in [-0.05, 0) is 26.8 Å². The normalized spacial score (nSPS) is 35.5. The number of carbonyl (C=O) groups is 1. The first-order chi connectivity index (χ1) is 6.52. The van der Waals surface area contributed by atoms with Crippen LogP contribution in [0.1, 0.15) is 27.2 Å². The van der Waals surface area contributed by atoms with Gasteiger partial charge < -0.3 is 15.0 Å². The molecule has 0 aromatic carbocycles. The minimum absolute atomic E-state index is 0.115. The molecule has 80 valence electrons. The summed E-state index contributed by atoms with van der Waals surface area (Å²) in [6.07, 6.45) is 1.16. The lowest BCUT2D eigenvalue weighted by atomic mass is 10.0. The number of ether oxygens (including phenoxy) is 1. The average Bonchev–Trinajstić information content (AvgIpc) is 2.33. The lowest BCUT2D eigenvalue weighted by Crippen LogP contribution is -2.51. The average molecular weight is 198 g/mol. The molecule has 2 aliphatic heterocycles. The smallest absolute Gasteiger partial charge is 0.222 e. The highest BCUT2D eigenvalue weighted by molar-refractivity contribution is 5.74. The van der Waals surface area contributed by atoms with Crippen molar-refractivity contribution < 1.29 is 9.53 Å². The first-order valence-corrected chi connectivity index (χ1v) is 5.21. The van der Waals surface area contributed by atoms with Crippen molar-refractivity contribution in [2.24, 2.45) is 0 Å². The lowest BCUT2D eigenvalue weighted by molar-refractivity contribution is -0.144. The number of hydrogen-bond donors (Lipinski definition) is 1. The van der Waals surface area contributed by atoms with Gasteiger partial charge in [-0.15, -0.1) is 0 Å². The van der Waals surface area contributed by atoms with E-state index in [9.17, 15) is 4.79 Å². The van der Waals surface area contributed by atoms with Crippen molar-refractivity contribution >= 4 is 5.91 Å².